The molecule has 2 aliphatic heterocycles. The van der Waals surface area contributed by atoms with Gasteiger partial charge in [-0.1, -0.05) is 0 Å². The minimum Gasteiger partial charge on any atom is -0.486 e. The van der Waals surface area contributed by atoms with Gasteiger partial charge < -0.3 is 24.8 Å². The Hall–Kier alpha value is -1.62. The molecule has 1 fully saturated rings. The molecule has 0 amide bonds. The van der Waals surface area contributed by atoms with Gasteiger partial charge in [-0.25, -0.2) is 0 Å². The minimum atomic E-state index is -0.113. The Labute approximate surface area is 119 Å². The number of rotatable bonds is 2. The summed E-state index contributed by atoms with van der Waals surface area (Å²) in [7, 11) is 1.77. The Morgan fingerprint density at radius 2 is 1.95 bits per heavy atom. The Morgan fingerprint density at radius 1 is 1.25 bits per heavy atom. The van der Waals surface area contributed by atoms with Crippen LogP contribution in [0.25, 0.3) is 0 Å². The van der Waals surface area contributed by atoms with E-state index in [1.165, 1.54) is 0 Å². The van der Waals surface area contributed by atoms with Crippen LogP contribution in [0.15, 0.2) is 12.1 Å². The second kappa shape index (κ2) is 5.05. The van der Waals surface area contributed by atoms with Gasteiger partial charge in [0.2, 0.25) is 0 Å². The van der Waals surface area contributed by atoms with Crippen LogP contribution in [0.4, 0.5) is 11.4 Å². The largest absolute Gasteiger partial charge is 0.486 e. The summed E-state index contributed by atoms with van der Waals surface area (Å²) in [4.78, 5) is 2.28. The second-order valence-electron chi connectivity index (χ2n) is 5.73. The maximum absolute atomic E-state index is 6.19. The van der Waals surface area contributed by atoms with Crippen LogP contribution in [0.1, 0.15) is 19.8 Å². The van der Waals surface area contributed by atoms with E-state index in [0.29, 0.717) is 13.2 Å². The summed E-state index contributed by atoms with van der Waals surface area (Å²) in [5.41, 5.74) is 7.82. The predicted octanol–water partition coefficient (Wildman–Crippen LogP) is 2.05. The van der Waals surface area contributed by atoms with Crippen molar-refractivity contribution in [2.45, 2.75) is 25.4 Å². The highest BCUT2D eigenvalue weighted by Crippen LogP contribution is 2.40. The molecule has 1 aromatic carbocycles. The van der Waals surface area contributed by atoms with Gasteiger partial charge in [-0.05, 0) is 19.8 Å². The van der Waals surface area contributed by atoms with Gasteiger partial charge in [0.1, 0.15) is 13.2 Å². The van der Waals surface area contributed by atoms with Crippen LogP contribution < -0.4 is 20.1 Å². The van der Waals surface area contributed by atoms with E-state index < -0.39 is 0 Å². The quantitative estimate of drug-likeness (QED) is 0.839. The third-order valence-electron chi connectivity index (χ3n) is 4.18. The lowest BCUT2D eigenvalue weighted by atomic mass is 9.94. The van der Waals surface area contributed by atoms with Crippen molar-refractivity contribution in [1.29, 1.82) is 0 Å². The van der Waals surface area contributed by atoms with E-state index >= 15 is 0 Å². The fourth-order valence-corrected chi connectivity index (χ4v) is 2.95. The first-order chi connectivity index (χ1) is 9.61. The van der Waals surface area contributed by atoms with Gasteiger partial charge >= 0.3 is 0 Å². The summed E-state index contributed by atoms with van der Waals surface area (Å²) in [6, 6.07) is 3.85. The highest BCUT2D eigenvalue weighted by Gasteiger charge is 2.32. The van der Waals surface area contributed by atoms with E-state index in [4.69, 9.17) is 19.9 Å². The molecule has 1 atom stereocenters. The van der Waals surface area contributed by atoms with Crippen molar-refractivity contribution in [3.8, 4) is 11.5 Å². The predicted molar refractivity (Wildman–Crippen MR) is 78.7 cm³/mol. The number of benzene rings is 1. The maximum Gasteiger partial charge on any atom is 0.163 e. The van der Waals surface area contributed by atoms with Crippen molar-refractivity contribution >= 4 is 11.4 Å². The molecule has 2 aliphatic rings. The average molecular weight is 278 g/mol. The monoisotopic (exact) mass is 278 g/mol. The summed E-state index contributed by atoms with van der Waals surface area (Å²) in [6.07, 6.45) is 2.17. The minimum absolute atomic E-state index is 0.113. The summed E-state index contributed by atoms with van der Waals surface area (Å²) in [6.45, 7) is 5.15. The van der Waals surface area contributed by atoms with Gasteiger partial charge in [-0.3, -0.25) is 0 Å². The van der Waals surface area contributed by atoms with Crippen molar-refractivity contribution in [3.05, 3.63) is 12.1 Å². The molecule has 0 spiro atoms. The third-order valence-corrected chi connectivity index (χ3v) is 4.18. The first kappa shape index (κ1) is 13.4. The van der Waals surface area contributed by atoms with E-state index in [2.05, 4.69) is 11.8 Å². The molecular weight excluding hydrogens is 256 g/mol. The molecule has 5 nitrogen and oxygen atoms in total. The third kappa shape index (κ3) is 2.38. The number of fused-ring (bicyclic) bond motifs is 1. The van der Waals surface area contributed by atoms with Gasteiger partial charge in [-0.2, -0.15) is 0 Å². The summed E-state index contributed by atoms with van der Waals surface area (Å²) in [5, 5.41) is 0. The molecule has 5 heteroatoms. The van der Waals surface area contributed by atoms with E-state index in [1.54, 1.807) is 7.11 Å². The lowest BCUT2D eigenvalue weighted by Gasteiger charge is -2.41. The Bertz CT molecular complexity index is 506. The number of hydrogen-bond acceptors (Lipinski definition) is 5. The van der Waals surface area contributed by atoms with E-state index in [0.717, 1.165) is 48.8 Å². The van der Waals surface area contributed by atoms with Gasteiger partial charge in [-0.15, -0.1) is 0 Å². The first-order valence-corrected chi connectivity index (χ1v) is 7.10. The standard InChI is InChI=1S/C15H22N2O3/c1-15(18-2)4-3-5-17(10-15)12-9-14-13(8-11(12)16)19-6-7-20-14/h8-9H,3-7,10,16H2,1-2H3. The zero-order valence-electron chi connectivity index (χ0n) is 12.1. The van der Waals surface area contributed by atoms with Crippen molar-refractivity contribution in [1.82, 2.24) is 0 Å². The Kier molecular flexibility index (Phi) is 3.38. The topological polar surface area (TPSA) is 57.0 Å². The van der Waals surface area contributed by atoms with Crippen LogP contribution in [-0.4, -0.2) is 39.0 Å². The number of nitrogens with zero attached hydrogens (tertiary/aromatic N) is 1. The summed E-state index contributed by atoms with van der Waals surface area (Å²) in [5.74, 6) is 1.52. The summed E-state index contributed by atoms with van der Waals surface area (Å²) >= 11 is 0. The molecule has 0 saturated carbocycles. The van der Waals surface area contributed by atoms with Crippen LogP contribution in [-0.2, 0) is 4.74 Å². The molecule has 1 aromatic rings. The van der Waals surface area contributed by atoms with Crippen LogP contribution in [0.5, 0.6) is 11.5 Å². The number of anilines is 2. The van der Waals surface area contributed by atoms with E-state index in [9.17, 15) is 0 Å². The second-order valence-corrected chi connectivity index (χ2v) is 5.73. The first-order valence-electron chi connectivity index (χ1n) is 7.10. The molecule has 1 saturated heterocycles. The number of nitrogen functional groups attached to an aromatic ring is 1. The molecule has 1 unspecified atom stereocenters. The molecule has 2 heterocycles. The lowest BCUT2D eigenvalue weighted by Crippen LogP contribution is -2.47. The SMILES string of the molecule is COC1(C)CCCN(c2cc3c(cc2N)OCCO3)C1. The van der Waals surface area contributed by atoms with Gasteiger partial charge in [0, 0.05) is 32.3 Å². The fraction of sp³-hybridized carbons (Fsp3) is 0.600. The molecule has 0 radical (unpaired) electrons. The molecule has 20 heavy (non-hydrogen) atoms. The zero-order valence-corrected chi connectivity index (χ0v) is 12.1. The van der Waals surface area contributed by atoms with Crippen molar-refractivity contribution in [3.63, 3.8) is 0 Å². The van der Waals surface area contributed by atoms with Gasteiger partial charge in [0.25, 0.3) is 0 Å². The Balaban J connectivity index is 1.89. The van der Waals surface area contributed by atoms with Crippen molar-refractivity contribution < 1.29 is 14.2 Å². The number of methoxy groups -OCH3 is 1. The van der Waals surface area contributed by atoms with E-state index in [-0.39, 0.29) is 5.60 Å². The number of piperidine rings is 1. The Morgan fingerprint density at radius 3 is 2.65 bits per heavy atom. The molecular formula is C15H22N2O3. The highest BCUT2D eigenvalue weighted by atomic mass is 16.6. The van der Waals surface area contributed by atoms with Gasteiger partial charge in [0.05, 0.1) is 17.0 Å². The molecule has 2 N–H and O–H groups in total. The number of ether oxygens (including phenoxy) is 3. The maximum atomic E-state index is 6.19. The van der Waals surface area contributed by atoms with Crippen LogP contribution in [0.2, 0.25) is 0 Å². The molecule has 110 valence electrons. The molecule has 3 rings (SSSR count). The van der Waals surface area contributed by atoms with Crippen LogP contribution >= 0.6 is 0 Å². The lowest BCUT2D eigenvalue weighted by molar-refractivity contribution is -0.00463. The summed E-state index contributed by atoms with van der Waals surface area (Å²) < 4.78 is 16.9. The van der Waals surface area contributed by atoms with E-state index in [1.807, 2.05) is 12.1 Å². The smallest absolute Gasteiger partial charge is 0.163 e. The number of nitrogens with two attached hydrogens (primary N) is 1. The molecule has 0 aromatic heterocycles. The fourth-order valence-electron chi connectivity index (χ4n) is 2.95. The van der Waals surface area contributed by atoms with Crippen LogP contribution in [0, 0.1) is 0 Å². The molecule has 0 bridgehead atoms. The zero-order chi connectivity index (χ0) is 14.2. The normalized spacial score (nSPS) is 25.6. The van der Waals surface area contributed by atoms with Crippen molar-refractivity contribution in [2.75, 3.05) is 44.0 Å². The highest BCUT2D eigenvalue weighted by molar-refractivity contribution is 5.73. The number of hydrogen-bond donors (Lipinski definition) is 1. The average Bonchev–Trinajstić information content (AvgIpc) is 2.46. The van der Waals surface area contributed by atoms with Crippen molar-refractivity contribution in [2.24, 2.45) is 0 Å². The molecule has 0 aliphatic carbocycles. The van der Waals surface area contributed by atoms with Gasteiger partial charge in [0.15, 0.2) is 11.5 Å². The van der Waals surface area contributed by atoms with Crippen LogP contribution in [0.3, 0.4) is 0 Å².